The molecule has 1 aliphatic heterocycles. The largest absolute Gasteiger partial charge is 0.481 e. The Bertz CT molecular complexity index is 757. The number of carbonyl (C=O) groups is 2. The third-order valence-electron chi connectivity index (χ3n) is 4.18. The molecule has 0 unspecified atom stereocenters. The second-order valence-electron chi connectivity index (χ2n) is 5.71. The van der Waals surface area contributed by atoms with E-state index in [1.165, 1.54) is 0 Å². The number of rotatable bonds is 3. The van der Waals surface area contributed by atoms with Crippen LogP contribution in [0.15, 0.2) is 48.5 Å². The van der Waals surface area contributed by atoms with Gasteiger partial charge in [-0.25, -0.2) is 0 Å². The first-order valence-corrected chi connectivity index (χ1v) is 7.73. The van der Waals surface area contributed by atoms with Gasteiger partial charge in [0.05, 0.1) is 12.0 Å². The maximum Gasteiger partial charge on any atom is 0.309 e. The molecule has 1 saturated heterocycles. The molecule has 23 heavy (non-hydrogen) atoms. The van der Waals surface area contributed by atoms with Gasteiger partial charge in [-0.1, -0.05) is 47.5 Å². The molecule has 0 radical (unpaired) electrons. The van der Waals surface area contributed by atoms with Crippen molar-refractivity contribution in [2.45, 2.75) is 19.4 Å². The molecule has 1 fully saturated rings. The lowest BCUT2D eigenvalue weighted by Crippen LogP contribution is -2.30. The van der Waals surface area contributed by atoms with E-state index in [1.807, 2.05) is 31.2 Å². The number of aliphatic carboxylic acids is 1. The van der Waals surface area contributed by atoms with E-state index >= 15 is 0 Å². The maximum atomic E-state index is 12.5. The number of carboxylic acids is 1. The van der Waals surface area contributed by atoms with E-state index in [9.17, 15) is 14.7 Å². The molecule has 0 aromatic heterocycles. The number of halogens is 1. The SMILES string of the molecule is Cc1ccc(N2C(=O)C[C@H](C(=O)O)[C@H]2c2ccccc2Cl)cc1. The predicted molar refractivity (Wildman–Crippen MR) is 88.6 cm³/mol. The van der Waals surface area contributed by atoms with Gasteiger partial charge in [-0.3, -0.25) is 9.59 Å². The van der Waals surface area contributed by atoms with Gasteiger partial charge in [-0.15, -0.1) is 0 Å². The summed E-state index contributed by atoms with van der Waals surface area (Å²) >= 11 is 6.27. The highest BCUT2D eigenvalue weighted by Gasteiger charge is 2.46. The zero-order chi connectivity index (χ0) is 16.6. The molecule has 0 aliphatic carbocycles. The van der Waals surface area contributed by atoms with Gasteiger partial charge in [0.25, 0.3) is 0 Å². The molecule has 1 heterocycles. The van der Waals surface area contributed by atoms with E-state index in [0.29, 0.717) is 16.3 Å². The molecule has 0 saturated carbocycles. The highest BCUT2D eigenvalue weighted by Crippen LogP contribution is 2.43. The summed E-state index contributed by atoms with van der Waals surface area (Å²) in [5.41, 5.74) is 2.42. The molecular formula is C18H16ClNO3. The summed E-state index contributed by atoms with van der Waals surface area (Å²) in [6.07, 6.45) is -0.0287. The first kappa shape index (κ1) is 15.6. The molecular weight excluding hydrogens is 314 g/mol. The second-order valence-corrected chi connectivity index (χ2v) is 6.12. The van der Waals surface area contributed by atoms with Crippen LogP contribution in [-0.4, -0.2) is 17.0 Å². The molecule has 2 atom stereocenters. The number of carboxylic acid groups (broad SMARTS) is 1. The van der Waals surface area contributed by atoms with Crippen LogP contribution in [0.1, 0.15) is 23.6 Å². The van der Waals surface area contributed by atoms with Crippen LogP contribution in [0.5, 0.6) is 0 Å². The van der Waals surface area contributed by atoms with Crippen molar-refractivity contribution in [3.05, 3.63) is 64.7 Å². The zero-order valence-corrected chi connectivity index (χ0v) is 13.3. The van der Waals surface area contributed by atoms with Crippen molar-refractivity contribution in [1.82, 2.24) is 0 Å². The van der Waals surface area contributed by atoms with Gasteiger partial charge in [0.2, 0.25) is 5.91 Å². The van der Waals surface area contributed by atoms with Gasteiger partial charge in [-0.05, 0) is 30.7 Å². The van der Waals surface area contributed by atoms with Crippen molar-refractivity contribution in [2.75, 3.05) is 4.90 Å². The molecule has 0 bridgehead atoms. The Labute approximate surface area is 139 Å². The Hall–Kier alpha value is -2.33. The van der Waals surface area contributed by atoms with Crippen molar-refractivity contribution in [3.8, 4) is 0 Å². The molecule has 118 valence electrons. The van der Waals surface area contributed by atoms with Crippen molar-refractivity contribution in [2.24, 2.45) is 5.92 Å². The van der Waals surface area contributed by atoms with Crippen LogP contribution in [-0.2, 0) is 9.59 Å². The summed E-state index contributed by atoms with van der Waals surface area (Å²) in [5, 5.41) is 10.0. The van der Waals surface area contributed by atoms with Crippen LogP contribution in [0.2, 0.25) is 5.02 Å². The third-order valence-corrected chi connectivity index (χ3v) is 4.52. The van der Waals surface area contributed by atoms with E-state index in [4.69, 9.17) is 11.6 Å². The summed E-state index contributed by atoms with van der Waals surface area (Å²) in [6, 6.07) is 14.0. The Morgan fingerprint density at radius 2 is 1.83 bits per heavy atom. The fraction of sp³-hybridized carbons (Fsp3) is 0.222. The lowest BCUT2D eigenvalue weighted by atomic mass is 9.93. The number of hydrogen-bond acceptors (Lipinski definition) is 2. The van der Waals surface area contributed by atoms with Gasteiger partial charge < -0.3 is 10.0 Å². The topological polar surface area (TPSA) is 57.6 Å². The van der Waals surface area contributed by atoms with Gasteiger partial charge >= 0.3 is 5.97 Å². The fourth-order valence-electron chi connectivity index (χ4n) is 3.04. The minimum absolute atomic E-state index is 0.0287. The second kappa shape index (κ2) is 6.05. The summed E-state index contributed by atoms with van der Waals surface area (Å²) in [5.74, 6) is -2.01. The average Bonchev–Trinajstić information content (AvgIpc) is 2.86. The number of nitrogens with zero attached hydrogens (tertiary/aromatic N) is 1. The fourth-order valence-corrected chi connectivity index (χ4v) is 3.28. The van der Waals surface area contributed by atoms with Crippen LogP contribution in [0.3, 0.4) is 0 Å². The smallest absolute Gasteiger partial charge is 0.309 e. The lowest BCUT2D eigenvalue weighted by molar-refractivity contribution is -0.142. The number of amides is 1. The van der Waals surface area contributed by atoms with Crippen LogP contribution >= 0.6 is 11.6 Å². The van der Waals surface area contributed by atoms with E-state index in [2.05, 4.69) is 0 Å². The molecule has 0 spiro atoms. The molecule has 4 nitrogen and oxygen atoms in total. The summed E-state index contributed by atoms with van der Waals surface area (Å²) in [6.45, 7) is 1.96. The minimum atomic E-state index is -0.988. The highest BCUT2D eigenvalue weighted by molar-refractivity contribution is 6.31. The highest BCUT2D eigenvalue weighted by atomic mass is 35.5. The van der Waals surface area contributed by atoms with Crippen molar-refractivity contribution in [3.63, 3.8) is 0 Å². The standard InChI is InChI=1S/C18H16ClNO3/c1-11-6-8-12(9-7-11)20-16(21)10-14(18(22)23)17(20)13-4-2-3-5-15(13)19/h2-9,14,17H,10H2,1H3,(H,22,23)/t14-,17+/m0/s1. The van der Waals surface area contributed by atoms with Crippen LogP contribution in [0.4, 0.5) is 5.69 Å². The zero-order valence-electron chi connectivity index (χ0n) is 12.6. The van der Waals surface area contributed by atoms with Crippen molar-refractivity contribution >= 4 is 29.2 Å². The Kier molecular flexibility index (Phi) is 4.09. The van der Waals surface area contributed by atoms with Gasteiger partial charge in [-0.2, -0.15) is 0 Å². The first-order chi connectivity index (χ1) is 11.0. The van der Waals surface area contributed by atoms with Gasteiger partial charge in [0.15, 0.2) is 0 Å². The van der Waals surface area contributed by atoms with Gasteiger partial charge in [0, 0.05) is 17.1 Å². The van der Waals surface area contributed by atoms with Crippen molar-refractivity contribution in [1.29, 1.82) is 0 Å². The maximum absolute atomic E-state index is 12.5. The lowest BCUT2D eigenvalue weighted by Gasteiger charge is -2.28. The van der Waals surface area contributed by atoms with E-state index in [-0.39, 0.29) is 12.3 Å². The van der Waals surface area contributed by atoms with E-state index in [1.54, 1.807) is 29.2 Å². The first-order valence-electron chi connectivity index (χ1n) is 7.35. The minimum Gasteiger partial charge on any atom is -0.481 e. The van der Waals surface area contributed by atoms with E-state index in [0.717, 1.165) is 5.56 Å². The molecule has 1 aliphatic rings. The number of carbonyl (C=O) groups excluding carboxylic acids is 1. The van der Waals surface area contributed by atoms with Crippen LogP contribution in [0, 0.1) is 12.8 Å². The van der Waals surface area contributed by atoms with Gasteiger partial charge in [0.1, 0.15) is 0 Å². The molecule has 5 heteroatoms. The molecule has 3 rings (SSSR count). The Morgan fingerprint density at radius 1 is 1.17 bits per heavy atom. The Balaban J connectivity index is 2.12. The van der Waals surface area contributed by atoms with Crippen LogP contribution in [0.25, 0.3) is 0 Å². The monoisotopic (exact) mass is 329 g/mol. The summed E-state index contributed by atoms with van der Waals surface area (Å²) in [7, 11) is 0. The summed E-state index contributed by atoms with van der Waals surface area (Å²) in [4.78, 5) is 25.7. The average molecular weight is 330 g/mol. The van der Waals surface area contributed by atoms with Crippen molar-refractivity contribution < 1.29 is 14.7 Å². The molecule has 1 amide bonds. The quantitative estimate of drug-likeness (QED) is 0.931. The number of benzene rings is 2. The number of anilines is 1. The molecule has 2 aromatic rings. The Morgan fingerprint density at radius 3 is 2.43 bits per heavy atom. The van der Waals surface area contributed by atoms with E-state index < -0.39 is 17.9 Å². The molecule has 2 aromatic carbocycles. The third kappa shape index (κ3) is 2.82. The number of aryl methyl sites for hydroxylation is 1. The molecule has 1 N–H and O–H groups in total. The van der Waals surface area contributed by atoms with Crippen LogP contribution < -0.4 is 4.90 Å². The summed E-state index contributed by atoms with van der Waals surface area (Å²) < 4.78 is 0. The normalized spacial score (nSPS) is 20.8. The number of hydrogen-bond donors (Lipinski definition) is 1. The predicted octanol–water partition coefficient (Wildman–Crippen LogP) is 3.83.